The van der Waals surface area contributed by atoms with Crippen LogP contribution in [0.5, 0.6) is 11.5 Å². The molecule has 26 heavy (non-hydrogen) atoms. The third kappa shape index (κ3) is 5.81. The van der Waals surface area contributed by atoms with E-state index in [1.807, 2.05) is 31.2 Å². The van der Waals surface area contributed by atoms with E-state index in [1.165, 1.54) is 6.92 Å². The lowest BCUT2D eigenvalue weighted by Gasteiger charge is -2.18. The molecule has 6 heteroatoms. The zero-order valence-corrected chi connectivity index (χ0v) is 15.3. The minimum absolute atomic E-state index is 0.107. The first kappa shape index (κ1) is 19.3. The van der Waals surface area contributed by atoms with E-state index in [4.69, 9.17) is 9.47 Å². The molecule has 0 radical (unpaired) electrons. The van der Waals surface area contributed by atoms with E-state index < -0.39 is 0 Å². The number of ether oxygens (including phenoxy) is 2. The molecular weight excluding hydrogens is 332 g/mol. The number of nitrogens with zero attached hydrogens (tertiary/aromatic N) is 1. The van der Waals surface area contributed by atoms with Gasteiger partial charge in [-0.15, -0.1) is 0 Å². The lowest BCUT2D eigenvalue weighted by molar-refractivity contribution is -0.132. The van der Waals surface area contributed by atoms with Crippen LogP contribution in [-0.4, -0.2) is 37.0 Å². The van der Waals surface area contributed by atoms with Gasteiger partial charge < -0.3 is 19.7 Å². The molecule has 0 spiro atoms. The number of hydrogen-bond donors (Lipinski definition) is 1. The smallest absolute Gasteiger partial charge is 0.260 e. The van der Waals surface area contributed by atoms with Gasteiger partial charge >= 0.3 is 0 Å². The Balaban J connectivity index is 1.90. The highest BCUT2D eigenvalue weighted by molar-refractivity contribution is 5.90. The number of likely N-dealkylation sites (N-methyl/N-ethyl adjacent to an activating group) is 1. The maximum Gasteiger partial charge on any atom is 0.260 e. The third-order valence-corrected chi connectivity index (χ3v) is 3.63. The molecule has 138 valence electrons. The molecule has 0 aromatic heterocycles. The summed E-state index contributed by atoms with van der Waals surface area (Å²) in [5, 5.41) is 2.68. The van der Waals surface area contributed by atoms with Crippen molar-refractivity contribution in [1.82, 2.24) is 4.90 Å². The summed E-state index contributed by atoms with van der Waals surface area (Å²) in [5.74, 6) is 0.921. The maximum atomic E-state index is 12.3. The predicted octanol–water partition coefficient (Wildman–Crippen LogP) is 3.08. The summed E-state index contributed by atoms with van der Waals surface area (Å²) in [4.78, 5) is 25.1. The molecular formula is C20H24N2O4. The number of benzene rings is 2. The standard InChI is InChI=1S/C20H24N2O4/c1-4-25-17-11-9-16(10-12-17)13-22(3)20(24)14-26-19-8-6-5-7-18(19)21-15(2)23/h5-12H,4,13-14H2,1-3H3,(H,21,23). The number of carbonyl (C=O) groups excluding carboxylic acids is 2. The fourth-order valence-electron chi connectivity index (χ4n) is 2.35. The van der Waals surface area contributed by atoms with Crippen LogP contribution in [0.4, 0.5) is 5.69 Å². The number of anilines is 1. The molecule has 1 N–H and O–H groups in total. The lowest BCUT2D eigenvalue weighted by atomic mass is 10.2. The normalized spacial score (nSPS) is 10.1. The average molecular weight is 356 g/mol. The average Bonchev–Trinajstić information content (AvgIpc) is 2.62. The van der Waals surface area contributed by atoms with E-state index in [1.54, 1.807) is 36.2 Å². The van der Waals surface area contributed by atoms with E-state index >= 15 is 0 Å². The van der Waals surface area contributed by atoms with Crippen LogP contribution in [0.3, 0.4) is 0 Å². The summed E-state index contributed by atoms with van der Waals surface area (Å²) in [6.07, 6.45) is 0. The van der Waals surface area contributed by atoms with Crippen molar-refractivity contribution in [3.8, 4) is 11.5 Å². The predicted molar refractivity (Wildman–Crippen MR) is 100 cm³/mol. The summed E-state index contributed by atoms with van der Waals surface area (Å²) >= 11 is 0. The lowest BCUT2D eigenvalue weighted by Crippen LogP contribution is -2.31. The van der Waals surface area contributed by atoms with Gasteiger partial charge in [0.05, 0.1) is 12.3 Å². The van der Waals surface area contributed by atoms with Crippen molar-refractivity contribution in [2.75, 3.05) is 25.6 Å². The summed E-state index contributed by atoms with van der Waals surface area (Å²) in [6.45, 7) is 4.35. The van der Waals surface area contributed by atoms with Crippen LogP contribution in [0.2, 0.25) is 0 Å². The molecule has 0 unspecified atom stereocenters. The van der Waals surface area contributed by atoms with Gasteiger partial charge in [0.1, 0.15) is 11.5 Å². The highest BCUT2D eigenvalue weighted by Gasteiger charge is 2.12. The summed E-state index contributed by atoms with van der Waals surface area (Å²) in [7, 11) is 1.72. The van der Waals surface area contributed by atoms with E-state index in [0.29, 0.717) is 24.6 Å². The van der Waals surface area contributed by atoms with Crippen LogP contribution in [-0.2, 0) is 16.1 Å². The molecule has 2 aromatic carbocycles. The van der Waals surface area contributed by atoms with Crippen LogP contribution in [0.25, 0.3) is 0 Å². The molecule has 0 aliphatic heterocycles. The Morgan fingerprint density at radius 3 is 2.38 bits per heavy atom. The Hall–Kier alpha value is -3.02. The van der Waals surface area contributed by atoms with Gasteiger partial charge in [-0.2, -0.15) is 0 Å². The van der Waals surface area contributed by atoms with Gasteiger partial charge in [0.25, 0.3) is 5.91 Å². The third-order valence-electron chi connectivity index (χ3n) is 3.63. The van der Waals surface area contributed by atoms with Gasteiger partial charge in [-0.25, -0.2) is 0 Å². The van der Waals surface area contributed by atoms with E-state index in [9.17, 15) is 9.59 Å². The highest BCUT2D eigenvalue weighted by Crippen LogP contribution is 2.23. The van der Waals surface area contributed by atoms with Crippen molar-refractivity contribution in [3.05, 3.63) is 54.1 Å². The van der Waals surface area contributed by atoms with Crippen molar-refractivity contribution in [2.24, 2.45) is 0 Å². The van der Waals surface area contributed by atoms with Crippen molar-refractivity contribution < 1.29 is 19.1 Å². The number of para-hydroxylation sites is 2. The summed E-state index contributed by atoms with van der Waals surface area (Å²) in [5.41, 5.74) is 1.55. The first-order valence-corrected chi connectivity index (χ1v) is 8.44. The number of amides is 2. The van der Waals surface area contributed by atoms with Crippen LogP contribution < -0.4 is 14.8 Å². The Morgan fingerprint density at radius 1 is 1.04 bits per heavy atom. The Bertz CT molecular complexity index is 744. The molecule has 2 aromatic rings. The van der Waals surface area contributed by atoms with Gasteiger partial charge in [-0.1, -0.05) is 24.3 Å². The van der Waals surface area contributed by atoms with Crippen LogP contribution in [0.15, 0.2) is 48.5 Å². The minimum atomic E-state index is -0.194. The van der Waals surface area contributed by atoms with Crippen LogP contribution in [0, 0.1) is 0 Å². The molecule has 2 rings (SSSR count). The fourth-order valence-corrected chi connectivity index (χ4v) is 2.35. The van der Waals surface area contributed by atoms with Gasteiger partial charge in [0, 0.05) is 20.5 Å². The SMILES string of the molecule is CCOc1ccc(CN(C)C(=O)COc2ccccc2NC(C)=O)cc1. The molecule has 2 amide bonds. The number of nitrogens with one attached hydrogen (secondary N) is 1. The van der Waals surface area contributed by atoms with Crippen molar-refractivity contribution in [2.45, 2.75) is 20.4 Å². The molecule has 0 fully saturated rings. The maximum absolute atomic E-state index is 12.3. The summed E-state index contributed by atoms with van der Waals surface area (Å²) < 4.78 is 11.0. The van der Waals surface area contributed by atoms with Crippen molar-refractivity contribution in [1.29, 1.82) is 0 Å². The monoisotopic (exact) mass is 356 g/mol. The number of hydrogen-bond acceptors (Lipinski definition) is 4. The number of rotatable bonds is 8. The first-order chi connectivity index (χ1) is 12.5. The second-order valence-electron chi connectivity index (χ2n) is 5.79. The molecule has 0 bridgehead atoms. The Kier molecular flexibility index (Phi) is 7.02. The van der Waals surface area contributed by atoms with Gasteiger partial charge in [-0.3, -0.25) is 9.59 Å². The zero-order chi connectivity index (χ0) is 18.9. The molecule has 0 heterocycles. The topological polar surface area (TPSA) is 67.9 Å². The molecule has 0 atom stereocenters. The van der Waals surface area contributed by atoms with Gasteiger partial charge in [0.15, 0.2) is 6.61 Å². The number of carbonyl (C=O) groups is 2. The van der Waals surface area contributed by atoms with Gasteiger partial charge in [0.2, 0.25) is 5.91 Å². The zero-order valence-electron chi connectivity index (χ0n) is 15.3. The second kappa shape index (κ2) is 9.46. The molecule has 6 nitrogen and oxygen atoms in total. The van der Waals surface area contributed by atoms with Crippen molar-refractivity contribution in [3.63, 3.8) is 0 Å². The molecule has 0 aliphatic carbocycles. The fraction of sp³-hybridized carbons (Fsp3) is 0.300. The van der Waals surface area contributed by atoms with E-state index in [0.717, 1.165) is 11.3 Å². The second-order valence-corrected chi connectivity index (χ2v) is 5.79. The molecule has 0 saturated carbocycles. The van der Waals surface area contributed by atoms with Crippen molar-refractivity contribution >= 4 is 17.5 Å². The highest BCUT2D eigenvalue weighted by atomic mass is 16.5. The van der Waals surface area contributed by atoms with Crippen LogP contribution >= 0.6 is 0 Å². The van der Waals surface area contributed by atoms with Gasteiger partial charge in [-0.05, 0) is 36.8 Å². The quantitative estimate of drug-likeness (QED) is 0.789. The van der Waals surface area contributed by atoms with E-state index in [2.05, 4.69) is 5.32 Å². The largest absolute Gasteiger partial charge is 0.494 e. The minimum Gasteiger partial charge on any atom is -0.494 e. The first-order valence-electron chi connectivity index (χ1n) is 8.44. The molecule has 0 aliphatic rings. The van der Waals surface area contributed by atoms with Crippen LogP contribution in [0.1, 0.15) is 19.4 Å². The van der Waals surface area contributed by atoms with E-state index in [-0.39, 0.29) is 18.4 Å². The molecule has 0 saturated heterocycles. The Labute approximate surface area is 153 Å². The summed E-state index contributed by atoms with van der Waals surface area (Å²) in [6, 6.07) is 14.7. The Morgan fingerprint density at radius 2 is 1.73 bits per heavy atom.